The summed E-state index contributed by atoms with van der Waals surface area (Å²) in [5.41, 5.74) is 1.07. The molecule has 90 valence electrons. The Morgan fingerprint density at radius 1 is 1.38 bits per heavy atom. The van der Waals surface area contributed by atoms with E-state index in [0.29, 0.717) is 11.8 Å². The van der Waals surface area contributed by atoms with E-state index in [-0.39, 0.29) is 18.2 Å². The van der Waals surface area contributed by atoms with Crippen molar-refractivity contribution in [3.05, 3.63) is 29.6 Å². The Kier molecular flexibility index (Phi) is 5.03. The first kappa shape index (κ1) is 13.3. The van der Waals surface area contributed by atoms with Crippen molar-refractivity contribution in [3.8, 4) is 5.75 Å². The molecule has 0 aliphatic carbocycles. The smallest absolute Gasteiger partial charge is 0.126 e. The van der Waals surface area contributed by atoms with E-state index in [1.165, 1.54) is 25.0 Å². The molecule has 1 heterocycles. The lowest BCUT2D eigenvalue weighted by atomic mass is 9.97. The van der Waals surface area contributed by atoms with Crippen LogP contribution in [0.15, 0.2) is 18.2 Å². The Labute approximate surface area is 102 Å². The minimum absolute atomic E-state index is 0. The third-order valence-corrected chi connectivity index (χ3v) is 2.88. The van der Waals surface area contributed by atoms with Gasteiger partial charge >= 0.3 is 0 Å². The molecule has 0 unspecified atom stereocenters. The Morgan fingerprint density at radius 3 is 2.81 bits per heavy atom. The number of methoxy groups -OCH3 is 1. The van der Waals surface area contributed by atoms with E-state index in [4.69, 9.17) is 4.74 Å². The number of ether oxygens (including phenoxy) is 1. The van der Waals surface area contributed by atoms with Crippen molar-refractivity contribution in [1.82, 2.24) is 5.32 Å². The second-order valence-corrected chi connectivity index (χ2v) is 3.89. The first-order valence-electron chi connectivity index (χ1n) is 5.38. The highest BCUT2D eigenvalue weighted by Crippen LogP contribution is 2.30. The zero-order valence-electron chi connectivity index (χ0n) is 9.33. The molecule has 2 nitrogen and oxygen atoms in total. The van der Waals surface area contributed by atoms with Gasteiger partial charge in [0.1, 0.15) is 11.6 Å². The minimum atomic E-state index is -0.244. The Hall–Kier alpha value is -0.800. The molecule has 0 aromatic heterocycles. The van der Waals surface area contributed by atoms with Gasteiger partial charge in [-0.25, -0.2) is 4.39 Å². The molecular formula is C12H17ClFNO. The van der Waals surface area contributed by atoms with E-state index in [1.807, 2.05) is 6.07 Å². The number of piperidine rings is 1. The molecule has 0 spiro atoms. The highest BCUT2D eigenvalue weighted by atomic mass is 35.5. The summed E-state index contributed by atoms with van der Waals surface area (Å²) in [6, 6.07) is 5.07. The normalized spacial score (nSPS) is 20.0. The first-order chi connectivity index (χ1) is 7.31. The van der Waals surface area contributed by atoms with Crippen molar-refractivity contribution in [1.29, 1.82) is 0 Å². The highest BCUT2D eigenvalue weighted by Gasteiger charge is 2.18. The van der Waals surface area contributed by atoms with Crippen LogP contribution >= 0.6 is 12.4 Å². The highest BCUT2D eigenvalue weighted by molar-refractivity contribution is 5.85. The van der Waals surface area contributed by atoms with Crippen molar-refractivity contribution < 1.29 is 9.13 Å². The van der Waals surface area contributed by atoms with E-state index >= 15 is 0 Å². The van der Waals surface area contributed by atoms with Gasteiger partial charge in [0, 0.05) is 17.7 Å². The van der Waals surface area contributed by atoms with Crippen LogP contribution in [0, 0.1) is 5.82 Å². The first-order valence-corrected chi connectivity index (χ1v) is 5.38. The van der Waals surface area contributed by atoms with Crippen molar-refractivity contribution in [2.45, 2.75) is 25.3 Å². The summed E-state index contributed by atoms with van der Waals surface area (Å²) >= 11 is 0. The zero-order valence-corrected chi connectivity index (χ0v) is 10.1. The molecule has 1 aromatic rings. The summed E-state index contributed by atoms with van der Waals surface area (Å²) in [5.74, 6) is 0.404. The average molecular weight is 246 g/mol. The van der Waals surface area contributed by atoms with E-state index in [2.05, 4.69) is 5.32 Å². The molecule has 1 aromatic carbocycles. The second kappa shape index (κ2) is 6.06. The summed E-state index contributed by atoms with van der Waals surface area (Å²) < 4.78 is 18.2. The van der Waals surface area contributed by atoms with Crippen molar-refractivity contribution in [2.75, 3.05) is 13.7 Å². The summed E-state index contributed by atoms with van der Waals surface area (Å²) in [5, 5.41) is 3.43. The molecular weight excluding hydrogens is 229 g/mol. The van der Waals surface area contributed by atoms with Gasteiger partial charge in [-0.15, -0.1) is 12.4 Å². The van der Waals surface area contributed by atoms with Crippen LogP contribution in [0.25, 0.3) is 0 Å². The van der Waals surface area contributed by atoms with Crippen LogP contribution in [-0.4, -0.2) is 13.7 Å². The Balaban J connectivity index is 0.00000128. The van der Waals surface area contributed by atoms with Crippen LogP contribution < -0.4 is 10.1 Å². The number of benzene rings is 1. The van der Waals surface area contributed by atoms with Crippen LogP contribution in [0.5, 0.6) is 5.75 Å². The standard InChI is InChI=1S/C12H16FNO.ClH/c1-15-12-8-9(13)5-6-10(12)11-4-2-3-7-14-11;/h5-6,8,11,14H,2-4,7H2,1H3;1H/t11-;/m1./s1. The van der Waals surface area contributed by atoms with Crippen LogP contribution in [0.4, 0.5) is 4.39 Å². The third kappa shape index (κ3) is 2.86. The molecule has 0 saturated carbocycles. The van der Waals surface area contributed by atoms with Crippen molar-refractivity contribution >= 4 is 12.4 Å². The third-order valence-electron chi connectivity index (χ3n) is 2.88. The molecule has 0 bridgehead atoms. The monoisotopic (exact) mass is 245 g/mol. The van der Waals surface area contributed by atoms with Gasteiger partial charge in [0.15, 0.2) is 0 Å². The van der Waals surface area contributed by atoms with Crippen molar-refractivity contribution in [2.24, 2.45) is 0 Å². The van der Waals surface area contributed by atoms with E-state index in [1.54, 1.807) is 7.11 Å². The van der Waals surface area contributed by atoms with Crippen LogP contribution in [0.1, 0.15) is 30.9 Å². The van der Waals surface area contributed by atoms with Crippen LogP contribution in [0.2, 0.25) is 0 Å². The molecule has 1 atom stereocenters. The topological polar surface area (TPSA) is 21.3 Å². The lowest BCUT2D eigenvalue weighted by molar-refractivity contribution is 0.371. The lowest BCUT2D eigenvalue weighted by Crippen LogP contribution is -2.27. The lowest BCUT2D eigenvalue weighted by Gasteiger charge is -2.25. The summed E-state index contributed by atoms with van der Waals surface area (Å²) in [7, 11) is 1.58. The van der Waals surface area contributed by atoms with Crippen LogP contribution in [0.3, 0.4) is 0 Å². The number of halogens is 2. The second-order valence-electron chi connectivity index (χ2n) is 3.89. The van der Waals surface area contributed by atoms with Gasteiger partial charge in [-0.05, 0) is 25.5 Å². The molecule has 0 radical (unpaired) electrons. The predicted octanol–water partition coefficient (Wildman–Crippen LogP) is 3.07. The van der Waals surface area contributed by atoms with Gasteiger partial charge in [0.25, 0.3) is 0 Å². The van der Waals surface area contributed by atoms with Gasteiger partial charge in [0.05, 0.1) is 7.11 Å². The van der Waals surface area contributed by atoms with Gasteiger partial charge in [-0.2, -0.15) is 0 Å². The van der Waals surface area contributed by atoms with Crippen LogP contribution in [-0.2, 0) is 0 Å². The van der Waals surface area contributed by atoms with Gasteiger partial charge in [-0.1, -0.05) is 12.5 Å². The van der Waals surface area contributed by atoms with E-state index < -0.39 is 0 Å². The fourth-order valence-electron chi connectivity index (χ4n) is 2.09. The molecule has 0 amide bonds. The van der Waals surface area contributed by atoms with Crippen molar-refractivity contribution in [3.63, 3.8) is 0 Å². The van der Waals surface area contributed by atoms with Gasteiger partial charge in [-0.3, -0.25) is 0 Å². The molecule has 16 heavy (non-hydrogen) atoms. The van der Waals surface area contributed by atoms with E-state index in [9.17, 15) is 4.39 Å². The molecule has 1 aliphatic heterocycles. The number of hydrogen-bond donors (Lipinski definition) is 1. The largest absolute Gasteiger partial charge is 0.496 e. The fraction of sp³-hybridized carbons (Fsp3) is 0.500. The molecule has 1 saturated heterocycles. The van der Waals surface area contributed by atoms with Gasteiger partial charge in [0.2, 0.25) is 0 Å². The predicted molar refractivity (Wildman–Crippen MR) is 64.8 cm³/mol. The number of nitrogens with one attached hydrogen (secondary N) is 1. The molecule has 2 rings (SSSR count). The maximum absolute atomic E-state index is 13.0. The zero-order chi connectivity index (χ0) is 10.7. The summed E-state index contributed by atoms with van der Waals surface area (Å²) in [6.45, 7) is 1.03. The maximum Gasteiger partial charge on any atom is 0.126 e. The van der Waals surface area contributed by atoms with Gasteiger partial charge < -0.3 is 10.1 Å². The fourth-order valence-corrected chi connectivity index (χ4v) is 2.09. The SMILES string of the molecule is COc1cc(F)ccc1[C@H]1CCCCN1.Cl. The minimum Gasteiger partial charge on any atom is -0.496 e. The molecule has 1 aliphatic rings. The molecule has 1 N–H and O–H groups in total. The number of rotatable bonds is 2. The Morgan fingerprint density at radius 2 is 2.19 bits per heavy atom. The van der Waals surface area contributed by atoms with E-state index in [0.717, 1.165) is 18.5 Å². The average Bonchev–Trinajstić information content (AvgIpc) is 2.30. The quantitative estimate of drug-likeness (QED) is 0.865. The number of hydrogen-bond acceptors (Lipinski definition) is 2. The molecule has 4 heteroatoms. The Bertz CT molecular complexity index is 340. The summed E-state index contributed by atoms with van der Waals surface area (Å²) in [6.07, 6.45) is 3.54. The maximum atomic E-state index is 13.0. The summed E-state index contributed by atoms with van der Waals surface area (Å²) in [4.78, 5) is 0. The molecule has 1 fully saturated rings.